The molecule has 1 unspecified atom stereocenters. The number of ketones is 1. The minimum atomic E-state index is -0.439. The maximum Gasteiger partial charge on any atom is 0.185 e. The van der Waals surface area contributed by atoms with Crippen LogP contribution in [0.25, 0.3) is 6.08 Å². The normalized spacial score (nSPS) is 19.5. The lowest BCUT2D eigenvalue weighted by atomic mass is 10.1. The number of rotatable bonds is 4. The van der Waals surface area contributed by atoms with E-state index < -0.39 is 6.10 Å². The van der Waals surface area contributed by atoms with Crippen LogP contribution in [0, 0.1) is 0 Å². The fraction of sp³-hybridized carbons (Fsp3) is 0.357. The molecule has 0 aliphatic carbocycles. The van der Waals surface area contributed by atoms with Crippen LogP contribution in [0.2, 0.25) is 0 Å². The summed E-state index contributed by atoms with van der Waals surface area (Å²) >= 11 is 0. The molecule has 0 bridgehead atoms. The Bertz CT molecular complexity index is 478. The van der Waals surface area contributed by atoms with Crippen molar-refractivity contribution in [3.63, 3.8) is 0 Å². The molecular formula is C14H17NO4. The van der Waals surface area contributed by atoms with Crippen molar-refractivity contribution in [2.24, 2.45) is 0 Å². The first-order valence-corrected chi connectivity index (χ1v) is 6.12. The largest absolute Gasteiger partial charge is 0.507 e. The van der Waals surface area contributed by atoms with Crippen molar-refractivity contribution in [1.29, 1.82) is 0 Å². The van der Waals surface area contributed by atoms with Gasteiger partial charge in [-0.15, -0.1) is 0 Å². The summed E-state index contributed by atoms with van der Waals surface area (Å²) in [5.74, 6) is 0.536. The van der Waals surface area contributed by atoms with Crippen molar-refractivity contribution >= 4 is 11.9 Å². The number of hydrogen-bond acceptors (Lipinski definition) is 5. The first-order valence-electron chi connectivity index (χ1n) is 6.12. The Morgan fingerprint density at radius 3 is 3.05 bits per heavy atom. The Kier molecular flexibility index (Phi) is 4.54. The number of morpholine rings is 1. The van der Waals surface area contributed by atoms with E-state index in [2.05, 4.69) is 5.32 Å². The number of ether oxygens (including phenoxy) is 2. The fourth-order valence-electron chi connectivity index (χ4n) is 1.82. The van der Waals surface area contributed by atoms with Gasteiger partial charge >= 0.3 is 0 Å². The Balaban J connectivity index is 2.03. The molecule has 102 valence electrons. The molecule has 1 aromatic carbocycles. The zero-order valence-electron chi connectivity index (χ0n) is 10.8. The van der Waals surface area contributed by atoms with E-state index in [1.165, 1.54) is 19.3 Å². The van der Waals surface area contributed by atoms with Crippen LogP contribution in [-0.2, 0) is 9.53 Å². The molecule has 5 heteroatoms. The third-order valence-corrected chi connectivity index (χ3v) is 2.91. The van der Waals surface area contributed by atoms with Crippen molar-refractivity contribution in [3.8, 4) is 11.5 Å². The van der Waals surface area contributed by atoms with Crippen LogP contribution in [0.4, 0.5) is 0 Å². The predicted molar refractivity (Wildman–Crippen MR) is 71.3 cm³/mol. The molecule has 0 amide bonds. The SMILES string of the molecule is COc1ccc(C=CC(=O)C2CNCCO2)c(O)c1. The summed E-state index contributed by atoms with van der Waals surface area (Å²) in [6.45, 7) is 1.84. The van der Waals surface area contributed by atoms with E-state index >= 15 is 0 Å². The molecule has 1 atom stereocenters. The molecule has 0 spiro atoms. The lowest BCUT2D eigenvalue weighted by Gasteiger charge is -2.21. The lowest BCUT2D eigenvalue weighted by molar-refractivity contribution is -0.126. The molecular weight excluding hydrogens is 246 g/mol. The number of carbonyl (C=O) groups is 1. The molecule has 0 saturated carbocycles. The standard InChI is InChI=1S/C14H17NO4/c1-18-11-4-2-10(13(17)8-11)3-5-12(16)14-9-15-6-7-19-14/h2-5,8,14-15,17H,6-7,9H2,1H3. The lowest BCUT2D eigenvalue weighted by Crippen LogP contribution is -2.42. The number of aromatic hydroxyl groups is 1. The summed E-state index contributed by atoms with van der Waals surface area (Å²) in [7, 11) is 1.53. The first-order chi connectivity index (χ1) is 9.20. The quantitative estimate of drug-likeness (QED) is 0.792. The van der Waals surface area contributed by atoms with Gasteiger partial charge in [-0.25, -0.2) is 0 Å². The second-order valence-corrected chi connectivity index (χ2v) is 4.22. The fourth-order valence-corrected chi connectivity index (χ4v) is 1.82. The average molecular weight is 263 g/mol. The first kappa shape index (κ1) is 13.6. The van der Waals surface area contributed by atoms with E-state index in [-0.39, 0.29) is 11.5 Å². The third kappa shape index (κ3) is 3.56. The highest BCUT2D eigenvalue weighted by Crippen LogP contribution is 2.24. The van der Waals surface area contributed by atoms with Crippen molar-refractivity contribution < 1.29 is 19.4 Å². The number of methoxy groups -OCH3 is 1. The van der Waals surface area contributed by atoms with Crippen molar-refractivity contribution in [1.82, 2.24) is 5.32 Å². The summed E-state index contributed by atoms with van der Waals surface area (Å²) in [6.07, 6.45) is 2.57. The summed E-state index contributed by atoms with van der Waals surface area (Å²) in [5, 5.41) is 12.9. The molecule has 19 heavy (non-hydrogen) atoms. The van der Waals surface area contributed by atoms with Crippen LogP contribution in [-0.4, -0.2) is 43.8 Å². The molecule has 0 radical (unpaired) electrons. The number of hydrogen-bond donors (Lipinski definition) is 2. The maximum atomic E-state index is 11.8. The number of benzene rings is 1. The van der Waals surface area contributed by atoms with Gasteiger partial charge in [0.25, 0.3) is 0 Å². The highest BCUT2D eigenvalue weighted by molar-refractivity contribution is 5.97. The van der Waals surface area contributed by atoms with Crippen LogP contribution in [0.5, 0.6) is 11.5 Å². The molecule has 1 aliphatic heterocycles. The van der Waals surface area contributed by atoms with Gasteiger partial charge in [0.15, 0.2) is 5.78 Å². The number of carbonyl (C=O) groups excluding carboxylic acids is 1. The van der Waals surface area contributed by atoms with E-state index in [0.717, 1.165) is 6.54 Å². The van der Waals surface area contributed by atoms with Crippen molar-refractivity contribution in [2.75, 3.05) is 26.8 Å². The Hall–Kier alpha value is -1.85. The van der Waals surface area contributed by atoms with Gasteiger partial charge in [0, 0.05) is 24.7 Å². The van der Waals surface area contributed by atoms with Gasteiger partial charge in [-0.2, -0.15) is 0 Å². The smallest absolute Gasteiger partial charge is 0.185 e. The maximum absolute atomic E-state index is 11.8. The van der Waals surface area contributed by atoms with Gasteiger partial charge in [-0.1, -0.05) is 0 Å². The van der Waals surface area contributed by atoms with Crippen LogP contribution in [0.1, 0.15) is 5.56 Å². The molecule has 2 rings (SSSR count). The Labute approximate surface area is 111 Å². The van der Waals surface area contributed by atoms with E-state index in [1.807, 2.05) is 0 Å². The van der Waals surface area contributed by atoms with E-state index in [4.69, 9.17) is 9.47 Å². The van der Waals surface area contributed by atoms with Gasteiger partial charge in [0.2, 0.25) is 0 Å². The van der Waals surface area contributed by atoms with Crippen LogP contribution in [0.3, 0.4) is 0 Å². The van der Waals surface area contributed by atoms with E-state index in [1.54, 1.807) is 18.2 Å². The highest BCUT2D eigenvalue weighted by Gasteiger charge is 2.19. The van der Waals surface area contributed by atoms with Crippen LogP contribution in [0.15, 0.2) is 24.3 Å². The summed E-state index contributed by atoms with van der Waals surface area (Å²) in [5.41, 5.74) is 0.568. The monoisotopic (exact) mass is 263 g/mol. The minimum Gasteiger partial charge on any atom is -0.507 e. The topological polar surface area (TPSA) is 67.8 Å². The summed E-state index contributed by atoms with van der Waals surface area (Å²) in [6, 6.07) is 4.92. The molecule has 1 aliphatic rings. The molecule has 1 heterocycles. The van der Waals surface area contributed by atoms with E-state index in [9.17, 15) is 9.90 Å². The van der Waals surface area contributed by atoms with Gasteiger partial charge in [-0.05, 0) is 24.3 Å². The van der Waals surface area contributed by atoms with Crippen molar-refractivity contribution in [2.45, 2.75) is 6.10 Å². The van der Waals surface area contributed by atoms with Gasteiger partial charge in [0.05, 0.1) is 13.7 Å². The zero-order valence-corrected chi connectivity index (χ0v) is 10.8. The third-order valence-electron chi connectivity index (χ3n) is 2.91. The minimum absolute atomic E-state index is 0.0751. The Morgan fingerprint density at radius 2 is 2.42 bits per heavy atom. The molecule has 0 aromatic heterocycles. The second kappa shape index (κ2) is 6.36. The van der Waals surface area contributed by atoms with Gasteiger partial charge < -0.3 is 19.9 Å². The van der Waals surface area contributed by atoms with Crippen LogP contribution >= 0.6 is 0 Å². The summed E-state index contributed by atoms with van der Waals surface area (Å²) < 4.78 is 10.3. The number of nitrogens with one attached hydrogen (secondary N) is 1. The van der Waals surface area contributed by atoms with Gasteiger partial charge in [-0.3, -0.25) is 4.79 Å². The average Bonchev–Trinajstić information content (AvgIpc) is 2.46. The van der Waals surface area contributed by atoms with Gasteiger partial charge in [0.1, 0.15) is 17.6 Å². The molecule has 5 nitrogen and oxygen atoms in total. The molecule has 1 fully saturated rings. The van der Waals surface area contributed by atoms with Crippen LogP contribution < -0.4 is 10.1 Å². The summed E-state index contributed by atoms with van der Waals surface area (Å²) in [4.78, 5) is 11.8. The number of phenolic OH excluding ortho intramolecular Hbond substituents is 1. The number of phenols is 1. The van der Waals surface area contributed by atoms with E-state index in [0.29, 0.717) is 24.5 Å². The molecule has 2 N–H and O–H groups in total. The molecule has 1 saturated heterocycles. The Morgan fingerprint density at radius 1 is 1.58 bits per heavy atom. The zero-order chi connectivity index (χ0) is 13.7. The predicted octanol–water partition coefficient (Wildman–Crippen LogP) is 0.972. The van der Waals surface area contributed by atoms with Crippen molar-refractivity contribution in [3.05, 3.63) is 29.8 Å². The highest BCUT2D eigenvalue weighted by atomic mass is 16.5. The second-order valence-electron chi connectivity index (χ2n) is 4.22. The molecule has 1 aromatic rings.